The van der Waals surface area contributed by atoms with E-state index in [2.05, 4.69) is 15.3 Å². The highest BCUT2D eigenvalue weighted by Crippen LogP contribution is 2.34. The standard InChI is InChI=1S/C25H27FN4O2/c26-20-15-18(11-12-21(20)30-14-6-13-27-30)16-29-17-24(32-23-10-5-4-9-22(23)29)25(31)28-19-7-2-1-3-8-19/h4-6,9-15,19,24H,1-3,7-8,16-17H2,(H,28,31). The molecule has 5 rings (SSSR count). The zero-order valence-electron chi connectivity index (χ0n) is 17.9. The molecule has 0 radical (unpaired) electrons. The van der Waals surface area contributed by atoms with Gasteiger partial charge in [0, 0.05) is 25.0 Å². The Hall–Kier alpha value is -3.35. The number of hydrogen-bond donors (Lipinski definition) is 1. The van der Waals surface area contributed by atoms with Crippen molar-refractivity contribution < 1.29 is 13.9 Å². The van der Waals surface area contributed by atoms with Crippen LogP contribution in [0, 0.1) is 5.82 Å². The second-order valence-electron chi connectivity index (χ2n) is 8.53. The van der Waals surface area contributed by atoms with E-state index in [-0.39, 0.29) is 17.8 Å². The molecule has 166 valence electrons. The highest BCUT2D eigenvalue weighted by molar-refractivity contribution is 5.83. The number of nitrogens with one attached hydrogen (secondary N) is 1. The van der Waals surface area contributed by atoms with Crippen LogP contribution < -0.4 is 15.0 Å². The molecule has 1 unspecified atom stereocenters. The molecule has 32 heavy (non-hydrogen) atoms. The third-order valence-corrected chi connectivity index (χ3v) is 6.24. The van der Waals surface area contributed by atoms with Crippen LogP contribution in [0.5, 0.6) is 5.75 Å². The lowest BCUT2D eigenvalue weighted by Gasteiger charge is -2.36. The van der Waals surface area contributed by atoms with E-state index < -0.39 is 6.10 Å². The molecule has 1 aliphatic carbocycles. The molecule has 1 fully saturated rings. The van der Waals surface area contributed by atoms with Gasteiger partial charge in [-0.3, -0.25) is 4.79 Å². The molecule has 2 aliphatic rings. The number of anilines is 1. The molecule has 1 aliphatic heterocycles. The molecular formula is C25H27FN4O2. The molecule has 2 aromatic carbocycles. The van der Waals surface area contributed by atoms with Crippen LogP contribution in [0.25, 0.3) is 5.69 Å². The summed E-state index contributed by atoms with van der Waals surface area (Å²) in [5.41, 5.74) is 2.14. The van der Waals surface area contributed by atoms with Crippen molar-refractivity contribution in [1.82, 2.24) is 15.1 Å². The van der Waals surface area contributed by atoms with Crippen molar-refractivity contribution >= 4 is 11.6 Å². The highest BCUT2D eigenvalue weighted by atomic mass is 19.1. The summed E-state index contributed by atoms with van der Waals surface area (Å²) in [6, 6.07) is 14.9. The Balaban J connectivity index is 1.34. The van der Waals surface area contributed by atoms with Gasteiger partial charge in [0.15, 0.2) is 6.10 Å². The number of amides is 1. The van der Waals surface area contributed by atoms with Crippen LogP contribution in [0.3, 0.4) is 0 Å². The number of aromatic nitrogens is 2. The Kier molecular flexibility index (Phi) is 5.79. The van der Waals surface area contributed by atoms with Gasteiger partial charge < -0.3 is 15.0 Å². The molecule has 0 bridgehead atoms. The fraction of sp³-hybridized carbons (Fsp3) is 0.360. The van der Waals surface area contributed by atoms with E-state index in [1.165, 1.54) is 17.2 Å². The summed E-state index contributed by atoms with van der Waals surface area (Å²) in [7, 11) is 0. The van der Waals surface area contributed by atoms with Crippen LogP contribution >= 0.6 is 0 Å². The molecule has 0 saturated heterocycles. The number of hydrogen-bond acceptors (Lipinski definition) is 4. The van der Waals surface area contributed by atoms with Gasteiger partial charge in [-0.1, -0.05) is 37.5 Å². The number of fused-ring (bicyclic) bond motifs is 1. The van der Waals surface area contributed by atoms with E-state index in [1.807, 2.05) is 30.3 Å². The lowest BCUT2D eigenvalue weighted by molar-refractivity contribution is -0.128. The molecule has 6 nitrogen and oxygen atoms in total. The summed E-state index contributed by atoms with van der Waals surface area (Å²) in [5.74, 6) is 0.270. The number of carbonyl (C=O) groups is 1. The Morgan fingerprint density at radius 2 is 1.94 bits per heavy atom. The van der Waals surface area contributed by atoms with Gasteiger partial charge in [0.1, 0.15) is 17.3 Å². The van der Waals surface area contributed by atoms with Gasteiger partial charge in [-0.05, 0) is 48.7 Å². The zero-order chi connectivity index (χ0) is 21.9. The van der Waals surface area contributed by atoms with Crippen molar-refractivity contribution in [1.29, 1.82) is 0 Å². The van der Waals surface area contributed by atoms with Crippen LogP contribution in [0.4, 0.5) is 10.1 Å². The topological polar surface area (TPSA) is 59.4 Å². The quantitative estimate of drug-likeness (QED) is 0.653. The molecule has 2 heterocycles. The second-order valence-corrected chi connectivity index (χ2v) is 8.53. The fourth-order valence-corrected chi connectivity index (χ4v) is 4.60. The first-order valence-electron chi connectivity index (χ1n) is 11.3. The Morgan fingerprint density at radius 3 is 2.72 bits per heavy atom. The third kappa shape index (κ3) is 4.33. The van der Waals surface area contributed by atoms with Crippen molar-refractivity contribution in [2.24, 2.45) is 0 Å². The Labute approximate surface area is 187 Å². The van der Waals surface area contributed by atoms with Crippen molar-refractivity contribution in [2.75, 3.05) is 11.4 Å². The lowest BCUT2D eigenvalue weighted by Crippen LogP contribution is -2.51. The Morgan fingerprint density at radius 1 is 1.09 bits per heavy atom. The first kappa shape index (κ1) is 20.5. The summed E-state index contributed by atoms with van der Waals surface area (Å²) < 4.78 is 22.3. The molecule has 0 spiro atoms. The summed E-state index contributed by atoms with van der Waals surface area (Å²) >= 11 is 0. The number of halogens is 1. The van der Waals surface area contributed by atoms with E-state index in [9.17, 15) is 9.18 Å². The predicted molar refractivity (Wildman–Crippen MR) is 120 cm³/mol. The first-order chi connectivity index (χ1) is 15.7. The normalized spacial score (nSPS) is 18.7. The van der Waals surface area contributed by atoms with Crippen molar-refractivity contribution in [3.63, 3.8) is 0 Å². The average molecular weight is 435 g/mol. The molecular weight excluding hydrogens is 407 g/mol. The number of para-hydroxylation sites is 2. The van der Waals surface area contributed by atoms with Gasteiger partial charge in [0.2, 0.25) is 0 Å². The smallest absolute Gasteiger partial charge is 0.263 e. The molecule has 1 atom stereocenters. The van der Waals surface area contributed by atoms with Gasteiger partial charge in [-0.15, -0.1) is 0 Å². The number of benzene rings is 2. The lowest BCUT2D eigenvalue weighted by atomic mass is 9.95. The third-order valence-electron chi connectivity index (χ3n) is 6.24. The molecule has 1 N–H and O–H groups in total. The molecule has 1 amide bonds. The number of ether oxygens (including phenoxy) is 1. The van der Waals surface area contributed by atoms with Crippen molar-refractivity contribution in [3.05, 3.63) is 72.3 Å². The molecule has 3 aromatic rings. The van der Waals surface area contributed by atoms with Gasteiger partial charge >= 0.3 is 0 Å². The number of rotatable bonds is 5. The number of carbonyl (C=O) groups excluding carboxylic acids is 1. The van der Waals surface area contributed by atoms with Gasteiger partial charge in [0.05, 0.1) is 12.2 Å². The van der Waals surface area contributed by atoms with Gasteiger partial charge in [0.25, 0.3) is 5.91 Å². The second kappa shape index (κ2) is 9.02. The highest BCUT2D eigenvalue weighted by Gasteiger charge is 2.32. The maximum Gasteiger partial charge on any atom is 0.263 e. The number of nitrogens with zero attached hydrogens (tertiary/aromatic N) is 3. The minimum absolute atomic E-state index is 0.0726. The van der Waals surface area contributed by atoms with E-state index in [0.717, 1.165) is 36.9 Å². The van der Waals surface area contributed by atoms with E-state index >= 15 is 0 Å². The maximum atomic E-state index is 14.8. The van der Waals surface area contributed by atoms with Crippen LogP contribution in [0.15, 0.2) is 60.9 Å². The van der Waals surface area contributed by atoms with Crippen LogP contribution in [-0.2, 0) is 11.3 Å². The SMILES string of the molecule is O=C(NC1CCCCC1)C1CN(Cc2ccc(-n3cccn3)c(F)c2)c2ccccc2O1. The largest absolute Gasteiger partial charge is 0.477 e. The van der Waals surface area contributed by atoms with Gasteiger partial charge in [-0.25, -0.2) is 9.07 Å². The van der Waals surface area contributed by atoms with Crippen LogP contribution in [0.1, 0.15) is 37.7 Å². The minimum atomic E-state index is -0.597. The fourth-order valence-electron chi connectivity index (χ4n) is 4.60. The van der Waals surface area contributed by atoms with Gasteiger partial charge in [-0.2, -0.15) is 5.10 Å². The monoisotopic (exact) mass is 434 g/mol. The van der Waals surface area contributed by atoms with Crippen LogP contribution in [0.2, 0.25) is 0 Å². The molecule has 1 aromatic heterocycles. The average Bonchev–Trinajstić information content (AvgIpc) is 3.34. The van der Waals surface area contributed by atoms with E-state index in [4.69, 9.17) is 4.74 Å². The summed E-state index contributed by atoms with van der Waals surface area (Å²) in [5, 5.41) is 7.28. The molecule has 7 heteroatoms. The van der Waals surface area contributed by atoms with Crippen molar-refractivity contribution in [2.45, 2.75) is 50.8 Å². The summed E-state index contributed by atoms with van der Waals surface area (Å²) in [6.07, 6.45) is 8.35. The zero-order valence-corrected chi connectivity index (χ0v) is 17.9. The maximum absolute atomic E-state index is 14.8. The van der Waals surface area contributed by atoms with Crippen LogP contribution in [-0.4, -0.2) is 34.4 Å². The summed E-state index contributed by atoms with van der Waals surface area (Å²) in [6.45, 7) is 0.891. The van der Waals surface area contributed by atoms with E-state index in [1.54, 1.807) is 24.5 Å². The minimum Gasteiger partial charge on any atom is -0.477 e. The summed E-state index contributed by atoms with van der Waals surface area (Å²) in [4.78, 5) is 15.1. The Bertz CT molecular complexity index is 1080. The van der Waals surface area contributed by atoms with Crippen molar-refractivity contribution in [3.8, 4) is 11.4 Å². The molecule has 1 saturated carbocycles. The first-order valence-corrected chi connectivity index (χ1v) is 11.3. The van der Waals surface area contributed by atoms with E-state index in [0.29, 0.717) is 24.5 Å². The predicted octanol–water partition coefficient (Wildman–Crippen LogP) is 4.23.